The van der Waals surface area contributed by atoms with Crippen LogP contribution in [0.2, 0.25) is 0 Å². The maximum absolute atomic E-state index is 11.8. The van der Waals surface area contributed by atoms with E-state index in [4.69, 9.17) is 10.5 Å². The van der Waals surface area contributed by atoms with Gasteiger partial charge in [0, 0.05) is 19.7 Å². The number of methoxy groups -OCH3 is 1. The molecule has 108 valence electrons. The van der Waals surface area contributed by atoms with Gasteiger partial charge >= 0.3 is 0 Å². The number of rotatable bonds is 10. The molecule has 0 aromatic carbocycles. The minimum atomic E-state index is 0.0530. The zero-order chi connectivity index (χ0) is 14.0. The van der Waals surface area contributed by atoms with Crippen LogP contribution in [0.5, 0.6) is 0 Å². The Bertz CT molecular complexity index is 222. The lowest BCUT2D eigenvalue weighted by molar-refractivity contribution is -0.123. The van der Waals surface area contributed by atoms with Crippen LogP contribution >= 0.6 is 0 Å². The monoisotopic (exact) mass is 259 g/mol. The summed E-state index contributed by atoms with van der Waals surface area (Å²) < 4.78 is 4.99. The van der Waals surface area contributed by atoms with E-state index in [2.05, 4.69) is 24.1 Å². The Morgan fingerprint density at radius 2 is 2.06 bits per heavy atom. The van der Waals surface area contributed by atoms with Crippen molar-refractivity contribution < 1.29 is 9.53 Å². The van der Waals surface area contributed by atoms with E-state index in [1.807, 2.05) is 6.92 Å². The molecule has 0 fully saturated rings. The molecule has 0 saturated carbocycles. The lowest BCUT2D eigenvalue weighted by Gasteiger charge is -2.24. The average Bonchev–Trinajstić information content (AvgIpc) is 2.25. The molecule has 0 radical (unpaired) electrons. The standard InChI is InChI=1S/C13H29N3O2/c1-11(2)8-16(7-5-6-14)9-13(17)15-12(3)10-18-4/h11-12H,5-10,14H2,1-4H3,(H,15,17). The van der Waals surface area contributed by atoms with Gasteiger partial charge in [-0.15, -0.1) is 0 Å². The van der Waals surface area contributed by atoms with E-state index in [-0.39, 0.29) is 11.9 Å². The highest BCUT2D eigenvalue weighted by Gasteiger charge is 2.13. The van der Waals surface area contributed by atoms with Gasteiger partial charge in [-0.25, -0.2) is 0 Å². The number of ether oxygens (including phenoxy) is 1. The van der Waals surface area contributed by atoms with Gasteiger partial charge in [0.25, 0.3) is 0 Å². The number of nitrogens with one attached hydrogen (secondary N) is 1. The second-order valence-electron chi connectivity index (χ2n) is 5.20. The molecule has 5 nitrogen and oxygen atoms in total. The number of hydrogen-bond donors (Lipinski definition) is 2. The van der Waals surface area contributed by atoms with Crippen molar-refractivity contribution in [2.24, 2.45) is 11.7 Å². The topological polar surface area (TPSA) is 67.6 Å². The zero-order valence-electron chi connectivity index (χ0n) is 12.2. The Morgan fingerprint density at radius 1 is 1.39 bits per heavy atom. The van der Waals surface area contributed by atoms with Gasteiger partial charge in [0.05, 0.1) is 13.2 Å². The SMILES string of the molecule is COCC(C)NC(=O)CN(CCCN)CC(C)C. The first kappa shape index (κ1) is 17.4. The molecule has 0 rings (SSSR count). The summed E-state index contributed by atoms with van der Waals surface area (Å²) in [7, 11) is 1.63. The minimum Gasteiger partial charge on any atom is -0.383 e. The van der Waals surface area contributed by atoms with E-state index in [0.717, 1.165) is 19.5 Å². The fourth-order valence-electron chi connectivity index (χ4n) is 1.88. The van der Waals surface area contributed by atoms with E-state index in [1.165, 1.54) is 0 Å². The summed E-state index contributed by atoms with van der Waals surface area (Å²) in [6, 6.07) is 0.0536. The van der Waals surface area contributed by atoms with Crippen LogP contribution < -0.4 is 11.1 Å². The Hall–Kier alpha value is -0.650. The number of amides is 1. The van der Waals surface area contributed by atoms with Crippen LogP contribution in [-0.2, 0) is 9.53 Å². The summed E-state index contributed by atoms with van der Waals surface area (Å²) in [6.07, 6.45) is 0.924. The van der Waals surface area contributed by atoms with Crippen LogP contribution in [0.4, 0.5) is 0 Å². The Morgan fingerprint density at radius 3 is 2.56 bits per heavy atom. The van der Waals surface area contributed by atoms with E-state index in [1.54, 1.807) is 7.11 Å². The second-order valence-corrected chi connectivity index (χ2v) is 5.20. The molecule has 0 aliphatic rings. The average molecular weight is 259 g/mol. The highest BCUT2D eigenvalue weighted by molar-refractivity contribution is 5.78. The summed E-state index contributed by atoms with van der Waals surface area (Å²) in [5.41, 5.74) is 5.51. The zero-order valence-corrected chi connectivity index (χ0v) is 12.2. The number of carbonyl (C=O) groups excluding carboxylic acids is 1. The molecule has 0 spiro atoms. The predicted octanol–water partition coefficient (Wildman–Crippen LogP) is 0.444. The highest BCUT2D eigenvalue weighted by Crippen LogP contribution is 1.99. The number of carbonyl (C=O) groups is 1. The quantitative estimate of drug-likeness (QED) is 0.597. The van der Waals surface area contributed by atoms with E-state index in [9.17, 15) is 4.79 Å². The number of nitrogens with two attached hydrogens (primary N) is 1. The van der Waals surface area contributed by atoms with Gasteiger partial charge in [-0.3, -0.25) is 9.69 Å². The molecular formula is C13H29N3O2. The fraction of sp³-hybridized carbons (Fsp3) is 0.923. The van der Waals surface area contributed by atoms with Gasteiger partial charge in [-0.1, -0.05) is 13.8 Å². The lowest BCUT2D eigenvalue weighted by atomic mass is 10.2. The molecule has 0 aliphatic carbocycles. The van der Waals surface area contributed by atoms with Crippen LogP contribution in [-0.4, -0.2) is 56.7 Å². The molecule has 18 heavy (non-hydrogen) atoms. The number of nitrogens with zero attached hydrogens (tertiary/aromatic N) is 1. The third-order valence-electron chi connectivity index (χ3n) is 2.49. The summed E-state index contributed by atoms with van der Waals surface area (Å²) in [5.74, 6) is 0.601. The van der Waals surface area contributed by atoms with Crippen LogP contribution in [0.15, 0.2) is 0 Å². The smallest absolute Gasteiger partial charge is 0.234 e. The Balaban J connectivity index is 4.08. The Kier molecular flexibility index (Phi) is 9.92. The van der Waals surface area contributed by atoms with Gasteiger partial charge in [0.15, 0.2) is 0 Å². The first-order chi connectivity index (χ1) is 8.49. The van der Waals surface area contributed by atoms with Crippen LogP contribution in [0, 0.1) is 5.92 Å². The van der Waals surface area contributed by atoms with Crippen molar-refractivity contribution in [3.05, 3.63) is 0 Å². The molecule has 5 heteroatoms. The summed E-state index contributed by atoms with van der Waals surface area (Å²) in [6.45, 7) is 9.68. The van der Waals surface area contributed by atoms with Crippen molar-refractivity contribution >= 4 is 5.91 Å². The minimum absolute atomic E-state index is 0.0530. The third-order valence-corrected chi connectivity index (χ3v) is 2.49. The van der Waals surface area contributed by atoms with Crippen molar-refractivity contribution in [1.82, 2.24) is 10.2 Å². The summed E-state index contributed by atoms with van der Waals surface area (Å²) in [5, 5.41) is 2.92. The van der Waals surface area contributed by atoms with Crippen molar-refractivity contribution in [3.63, 3.8) is 0 Å². The molecule has 3 N–H and O–H groups in total. The highest BCUT2D eigenvalue weighted by atomic mass is 16.5. The van der Waals surface area contributed by atoms with Gasteiger partial charge in [0.2, 0.25) is 5.91 Å². The third kappa shape index (κ3) is 9.39. The van der Waals surface area contributed by atoms with Gasteiger partial charge in [-0.2, -0.15) is 0 Å². The van der Waals surface area contributed by atoms with Crippen LogP contribution in [0.3, 0.4) is 0 Å². The van der Waals surface area contributed by atoms with E-state index in [0.29, 0.717) is 25.6 Å². The van der Waals surface area contributed by atoms with Crippen LogP contribution in [0.25, 0.3) is 0 Å². The molecule has 1 atom stereocenters. The molecule has 0 aromatic heterocycles. The maximum atomic E-state index is 11.8. The molecule has 1 amide bonds. The molecule has 0 aromatic rings. The maximum Gasteiger partial charge on any atom is 0.234 e. The molecule has 0 bridgehead atoms. The van der Waals surface area contributed by atoms with Crippen LogP contribution in [0.1, 0.15) is 27.2 Å². The van der Waals surface area contributed by atoms with Crippen molar-refractivity contribution in [2.45, 2.75) is 33.2 Å². The predicted molar refractivity (Wildman–Crippen MR) is 74.4 cm³/mol. The molecule has 1 unspecified atom stereocenters. The van der Waals surface area contributed by atoms with E-state index >= 15 is 0 Å². The van der Waals surface area contributed by atoms with Crippen molar-refractivity contribution in [1.29, 1.82) is 0 Å². The normalized spacial score (nSPS) is 13.1. The van der Waals surface area contributed by atoms with Gasteiger partial charge in [-0.05, 0) is 32.4 Å². The van der Waals surface area contributed by atoms with Crippen molar-refractivity contribution in [3.8, 4) is 0 Å². The lowest BCUT2D eigenvalue weighted by Crippen LogP contribution is -2.44. The summed E-state index contributed by atoms with van der Waals surface area (Å²) >= 11 is 0. The largest absolute Gasteiger partial charge is 0.383 e. The molecule has 0 heterocycles. The van der Waals surface area contributed by atoms with E-state index < -0.39 is 0 Å². The van der Waals surface area contributed by atoms with Gasteiger partial charge in [0.1, 0.15) is 0 Å². The van der Waals surface area contributed by atoms with Gasteiger partial charge < -0.3 is 15.8 Å². The first-order valence-corrected chi connectivity index (χ1v) is 6.70. The summed E-state index contributed by atoms with van der Waals surface area (Å²) in [4.78, 5) is 14.0. The molecule has 0 aliphatic heterocycles. The van der Waals surface area contributed by atoms with Crippen molar-refractivity contribution in [2.75, 3.05) is 39.9 Å². The number of hydrogen-bond acceptors (Lipinski definition) is 4. The molecule has 0 saturated heterocycles. The fourth-order valence-corrected chi connectivity index (χ4v) is 1.88. The molecular weight excluding hydrogens is 230 g/mol. The first-order valence-electron chi connectivity index (χ1n) is 6.70. The Labute approximate surface area is 111 Å². The second kappa shape index (κ2) is 10.3.